The zero-order chi connectivity index (χ0) is 20.5. The standard InChI is InChI=1S/C22H27N5O2.HI/c1-17(29-21-11-5-4-10-20(21)28-3)15-24-22(23-2)25-16-18-8-6-9-19(14-18)27-13-7-12-26-27;/h4-14,17H,15-16H2,1-3H3,(H2,23,24,25);1H. The van der Waals surface area contributed by atoms with Crippen LogP contribution in [0.15, 0.2) is 72.0 Å². The zero-order valence-corrected chi connectivity index (χ0v) is 19.7. The van der Waals surface area contributed by atoms with Gasteiger partial charge in [-0.15, -0.1) is 24.0 Å². The summed E-state index contributed by atoms with van der Waals surface area (Å²) < 4.78 is 13.1. The molecule has 0 saturated heterocycles. The third-order valence-electron chi connectivity index (χ3n) is 4.32. The number of nitrogens with zero attached hydrogens (tertiary/aromatic N) is 3. The lowest BCUT2D eigenvalue weighted by atomic mass is 10.2. The summed E-state index contributed by atoms with van der Waals surface area (Å²) in [7, 11) is 3.39. The Morgan fingerprint density at radius 2 is 1.90 bits per heavy atom. The van der Waals surface area contributed by atoms with Crippen LogP contribution < -0.4 is 20.1 Å². The summed E-state index contributed by atoms with van der Waals surface area (Å²) >= 11 is 0. The molecule has 0 aliphatic heterocycles. The van der Waals surface area contributed by atoms with Crippen LogP contribution in [-0.2, 0) is 6.54 Å². The van der Waals surface area contributed by atoms with Crippen LogP contribution in [0.3, 0.4) is 0 Å². The van der Waals surface area contributed by atoms with E-state index in [1.54, 1.807) is 20.4 Å². The van der Waals surface area contributed by atoms with Gasteiger partial charge < -0.3 is 20.1 Å². The topological polar surface area (TPSA) is 72.7 Å². The summed E-state index contributed by atoms with van der Waals surface area (Å²) in [6.07, 6.45) is 3.63. The lowest BCUT2D eigenvalue weighted by Gasteiger charge is -2.19. The first-order valence-electron chi connectivity index (χ1n) is 9.52. The first-order valence-corrected chi connectivity index (χ1v) is 9.52. The molecule has 0 bridgehead atoms. The van der Waals surface area contributed by atoms with E-state index in [0.717, 1.165) is 22.7 Å². The van der Waals surface area contributed by atoms with E-state index in [1.807, 2.05) is 60.3 Å². The van der Waals surface area contributed by atoms with E-state index in [1.165, 1.54) is 0 Å². The summed E-state index contributed by atoms with van der Waals surface area (Å²) in [5.74, 6) is 2.16. The molecule has 0 fully saturated rings. The summed E-state index contributed by atoms with van der Waals surface area (Å²) in [6, 6.07) is 17.8. The van der Waals surface area contributed by atoms with Crippen LogP contribution in [0.25, 0.3) is 5.69 Å². The Morgan fingerprint density at radius 1 is 1.10 bits per heavy atom. The van der Waals surface area contributed by atoms with E-state index in [4.69, 9.17) is 9.47 Å². The van der Waals surface area contributed by atoms with Gasteiger partial charge in [0.1, 0.15) is 6.10 Å². The van der Waals surface area contributed by atoms with Gasteiger partial charge in [-0.25, -0.2) is 4.68 Å². The quantitative estimate of drug-likeness (QED) is 0.269. The SMILES string of the molecule is CN=C(NCc1cccc(-n2cccn2)c1)NCC(C)Oc1ccccc1OC.I. The Balaban J connectivity index is 0.00000320. The first kappa shape index (κ1) is 23.5. The molecule has 1 atom stereocenters. The van der Waals surface area contributed by atoms with Crippen LogP contribution in [0.1, 0.15) is 12.5 Å². The van der Waals surface area contributed by atoms with Crippen LogP contribution in [0.5, 0.6) is 11.5 Å². The molecule has 0 aliphatic carbocycles. The second-order valence-electron chi connectivity index (χ2n) is 6.51. The van der Waals surface area contributed by atoms with Crippen LogP contribution in [-0.4, -0.2) is 42.5 Å². The molecule has 3 aromatic rings. The van der Waals surface area contributed by atoms with Crippen LogP contribution >= 0.6 is 24.0 Å². The molecule has 0 radical (unpaired) electrons. The third kappa shape index (κ3) is 6.65. The lowest BCUT2D eigenvalue weighted by Crippen LogP contribution is -2.41. The molecule has 3 rings (SSSR count). The minimum Gasteiger partial charge on any atom is -0.493 e. The second-order valence-corrected chi connectivity index (χ2v) is 6.51. The highest BCUT2D eigenvalue weighted by Crippen LogP contribution is 2.26. The molecule has 160 valence electrons. The van der Waals surface area contributed by atoms with Gasteiger partial charge in [-0.3, -0.25) is 4.99 Å². The highest BCUT2D eigenvalue weighted by molar-refractivity contribution is 14.0. The van der Waals surface area contributed by atoms with Gasteiger partial charge in [-0.05, 0) is 42.8 Å². The Labute approximate surface area is 194 Å². The van der Waals surface area contributed by atoms with E-state index >= 15 is 0 Å². The monoisotopic (exact) mass is 521 g/mol. The van der Waals surface area contributed by atoms with Crippen molar-refractivity contribution in [3.05, 3.63) is 72.6 Å². The van der Waals surface area contributed by atoms with Gasteiger partial charge in [-0.2, -0.15) is 5.10 Å². The largest absolute Gasteiger partial charge is 0.493 e. The van der Waals surface area contributed by atoms with Crippen molar-refractivity contribution in [2.75, 3.05) is 20.7 Å². The molecule has 1 unspecified atom stereocenters. The van der Waals surface area contributed by atoms with Gasteiger partial charge >= 0.3 is 0 Å². The smallest absolute Gasteiger partial charge is 0.191 e. The molecular weight excluding hydrogens is 493 g/mol. The van der Waals surface area contributed by atoms with E-state index in [0.29, 0.717) is 19.0 Å². The maximum atomic E-state index is 5.97. The highest BCUT2D eigenvalue weighted by Gasteiger charge is 2.09. The van der Waals surface area contributed by atoms with Crippen LogP contribution in [0.2, 0.25) is 0 Å². The Morgan fingerprint density at radius 3 is 2.60 bits per heavy atom. The number of rotatable bonds is 8. The number of halogens is 1. The fourth-order valence-corrected chi connectivity index (χ4v) is 2.85. The second kappa shape index (κ2) is 12.1. The number of hydrogen-bond acceptors (Lipinski definition) is 4. The summed E-state index contributed by atoms with van der Waals surface area (Å²) in [5.41, 5.74) is 2.16. The lowest BCUT2D eigenvalue weighted by molar-refractivity contribution is 0.213. The molecule has 2 aromatic carbocycles. The summed E-state index contributed by atoms with van der Waals surface area (Å²) in [4.78, 5) is 4.28. The summed E-state index contributed by atoms with van der Waals surface area (Å²) in [6.45, 7) is 3.25. The molecule has 8 heteroatoms. The molecule has 0 amide bonds. The van der Waals surface area contributed by atoms with Gasteiger partial charge in [0.2, 0.25) is 0 Å². The fraction of sp³-hybridized carbons (Fsp3) is 0.273. The molecule has 0 aliphatic rings. The van der Waals surface area contributed by atoms with Crippen molar-refractivity contribution in [2.24, 2.45) is 4.99 Å². The van der Waals surface area contributed by atoms with Crippen LogP contribution in [0.4, 0.5) is 0 Å². The Kier molecular flexibility index (Phi) is 9.46. The molecule has 1 aromatic heterocycles. The molecule has 0 saturated carbocycles. The van der Waals surface area contributed by atoms with Gasteiger partial charge in [0.15, 0.2) is 17.5 Å². The molecule has 0 spiro atoms. The molecular formula is C22H28IN5O2. The van der Waals surface area contributed by atoms with Crippen molar-refractivity contribution in [3.63, 3.8) is 0 Å². The zero-order valence-electron chi connectivity index (χ0n) is 17.4. The van der Waals surface area contributed by atoms with Gasteiger partial charge in [-0.1, -0.05) is 24.3 Å². The Hall–Kier alpha value is -2.75. The number of methoxy groups -OCH3 is 1. The van der Waals surface area contributed by atoms with Gasteiger partial charge in [0.25, 0.3) is 0 Å². The normalized spacial score (nSPS) is 11.9. The number of hydrogen-bond donors (Lipinski definition) is 2. The van der Waals surface area contributed by atoms with Crippen molar-refractivity contribution in [2.45, 2.75) is 19.6 Å². The van der Waals surface area contributed by atoms with E-state index in [9.17, 15) is 0 Å². The van der Waals surface area contributed by atoms with E-state index in [2.05, 4.69) is 32.9 Å². The number of aliphatic imine (C=N–C) groups is 1. The van der Waals surface area contributed by atoms with E-state index in [-0.39, 0.29) is 30.1 Å². The van der Waals surface area contributed by atoms with Crippen molar-refractivity contribution in [1.29, 1.82) is 0 Å². The van der Waals surface area contributed by atoms with Crippen molar-refractivity contribution >= 4 is 29.9 Å². The summed E-state index contributed by atoms with van der Waals surface area (Å²) in [5, 5.41) is 10.9. The third-order valence-corrected chi connectivity index (χ3v) is 4.32. The Bertz CT molecular complexity index is 931. The minimum atomic E-state index is -0.0620. The van der Waals surface area contributed by atoms with E-state index < -0.39 is 0 Å². The van der Waals surface area contributed by atoms with Crippen molar-refractivity contribution < 1.29 is 9.47 Å². The number of para-hydroxylation sites is 2. The average Bonchev–Trinajstić information content (AvgIpc) is 3.29. The number of benzene rings is 2. The fourth-order valence-electron chi connectivity index (χ4n) is 2.85. The van der Waals surface area contributed by atoms with Crippen LogP contribution in [0, 0.1) is 0 Å². The number of guanidine groups is 1. The molecule has 7 nitrogen and oxygen atoms in total. The predicted molar refractivity (Wildman–Crippen MR) is 130 cm³/mol. The highest BCUT2D eigenvalue weighted by atomic mass is 127. The minimum absolute atomic E-state index is 0. The van der Waals surface area contributed by atoms with Gasteiger partial charge in [0, 0.05) is 26.0 Å². The molecule has 1 heterocycles. The molecule has 30 heavy (non-hydrogen) atoms. The van der Waals surface area contributed by atoms with Crippen molar-refractivity contribution in [3.8, 4) is 17.2 Å². The number of nitrogens with one attached hydrogen (secondary N) is 2. The van der Waals surface area contributed by atoms with Gasteiger partial charge in [0.05, 0.1) is 19.3 Å². The molecule has 2 N–H and O–H groups in total. The average molecular weight is 521 g/mol. The number of ether oxygens (including phenoxy) is 2. The predicted octanol–water partition coefficient (Wildman–Crippen LogP) is 3.63. The first-order chi connectivity index (χ1) is 14.2. The maximum absolute atomic E-state index is 5.97. The maximum Gasteiger partial charge on any atom is 0.191 e. The van der Waals surface area contributed by atoms with Crippen molar-refractivity contribution in [1.82, 2.24) is 20.4 Å². The number of aromatic nitrogens is 2.